The molecule has 86 valence electrons. The largest absolute Gasteiger partial charge is 0.480 e. The third-order valence-corrected chi connectivity index (χ3v) is 4.37. The quantitative estimate of drug-likeness (QED) is 0.708. The molecule has 0 spiro atoms. The molecule has 1 heterocycles. The second kappa shape index (κ2) is 4.32. The summed E-state index contributed by atoms with van der Waals surface area (Å²) in [4.78, 5) is 10.9. The summed E-state index contributed by atoms with van der Waals surface area (Å²) >= 11 is 0. The molecule has 15 heavy (non-hydrogen) atoms. The summed E-state index contributed by atoms with van der Waals surface area (Å²) in [5, 5.41) is 8.95. The molecule has 0 aromatic rings. The van der Waals surface area contributed by atoms with Crippen molar-refractivity contribution in [3.63, 3.8) is 0 Å². The van der Waals surface area contributed by atoms with Gasteiger partial charge in [-0.05, 0) is 12.3 Å². The highest BCUT2D eigenvalue weighted by Crippen LogP contribution is 2.27. The van der Waals surface area contributed by atoms with Gasteiger partial charge in [0.25, 0.3) is 0 Å². The Labute approximate surface area is 89.4 Å². The zero-order valence-corrected chi connectivity index (χ0v) is 9.40. The first-order valence-corrected chi connectivity index (χ1v) is 6.34. The normalized spacial score (nSPS) is 27.8. The maximum absolute atomic E-state index is 11.7. The monoisotopic (exact) mass is 233 g/mol. The number of hydrogen-bond acceptors (Lipinski definition) is 3. The van der Waals surface area contributed by atoms with Crippen LogP contribution in [0.15, 0.2) is 12.7 Å². The van der Waals surface area contributed by atoms with Gasteiger partial charge in [-0.1, -0.05) is 13.0 Å². The summed E-state index contributed by atoms with van der Waals surface area (Å²) in [7, 11) is -3.50. The fourth-order valence-corrected chi connectivity index (χ4v) is 3.35. The van der Waals surface area contributed by atoms with Gasteiger partial charge in [0.2, 0.25) is 10.0 Å². The maximum atomic E-state index is 11.7. The molecule has 1 saturated heterocycles. The van der Waals surface area contributed by atoms with Gasteiger partial charge in [-0.3, -0.25) is 4.79 Å². The summed E-state index contributed by atoms with van der Waals surface area (Å²) in [5.41, 5.74) is 0. The van der Waals surface area contributed by atoms with Gasteiger partial charge in [0.15, 0.2) is 0 Å². The number of carboxylic acid groups (broad SMARTS) is 1. The standard InChI is InChI=1S/C9H15NO4S/c1-3-6-15(13,14)10-5-4-7(2)8(10)9(11)12/h3,7-8H,1,4-6H2,2H3,(H,11,12). The van der Waals surface area contributed by atoms with Crippen LogP contribution in [0.2, 0.25) is 0 Å². The molecule has 2 atom stereocenters. The van der Waals surface area contributed by atoms with Crippen molar-refractivity contribution in [2.75, 3.05) is 12.3 Å². The van der Waals surface area contributed by atoms with E-state index in [1.54, 1.807) is 6.92 Å². The Bertz CT molecular complexity index is 362. The lowest BCUT2D eigenvalue weighted by molar-refractivity contribution is -0.141. The van der Waals surface area contributed by atoms with Gasteiger partial charge in [0, 0.05) is 6.54 Å². The van der Waals surface area contributed by atoms with E-state index in [4.69, 9.17) is 5.11 Å². The Balaban J connectivity index is 2.96. The van der Waals surface area contributed by atoms with Crippen molar-refractivity contribution < 1.29 is 18.3 Å². The molecule has 0 radical (unpaired) electrons. The highest BCUT2D eigenvalue weighted by molar-refractivity contribution is 7.89. The van der Waals surface area contributed by atoms with E-state index in [1.807, 2.05) is 0 Å². The van der Waals surface area contributed by atoms with Crippen LogP contribution in [0.3, 0.4) is 0 Å². The van der Waals surface area contributed by atoms with Crippen molar-refractivity contribution in [3.05, 3.63) is 12.7 Å². The maximum Gasteiger partial charge on any atom is 0.322 e. The number of aliphatic carboxylic acids is 1. The minimum Gasteiger partial charge on any atom is -0.480 e. The number of carbonyl (C=O) groups is 1. The zero-order valence-electron chi connectivity index (χ0n) is 8.59. The van der Waals surface area contributed by atoms with Crippen LogP contribution in [0, 0.1) is 5.92 Å². The van der Waals surface area contributed by atoms with E-state index in [0.29, 0.717) is 6.42 Å². The Morgan fingerprint density at radius 2 is 2.27 bits per heavy atom. The van der Waals surface area contributed by atoms with Gasteiger partial charge in [-0.25, -0.2) is 8.42 Å². The topological polar surface area (TPSA) is 74.7 Å². The first-order chi connectivity index (χ1) is 6.90. The van der Waals surface area contributed by atoms with E-state index >= 15 is 0 Å². The summed E-state index contributed by atoms with van der Waals surface area (Å²) < 4.78 is 24.4. The van der Waals surface area contributed by atoms with Crippen LogP contribution >= 0.6 is 0 Å². The average molecular weight is 233 g/mol. The van der Waals surface area contributed by atoms with Gasteiger partial charge in [0.05, 0.1) is 5.75 Å². The fraction of sp³-hybridized carbons (Fsp3) is 0.667. The van der Waals surface area contributed by atoms with Crippen LogP contribution in [0.25, 0.3) is 0 Å². The van der Waals surface area contributed by atoms with Crippen molar-refractivity contribution >= 4 is 16.0 Å². The van der Waals surface area contributed by atoms with Crippen molar-refractivity contribution in [2.45, 2.75) is 19.4 Å². The SMILES string of the molecule is C=CCS(=O)(=O)N1CCC(C)C1C(=O)O. The molecule has 1 rings (SSSR count). The number of nitrogens with zero attached hydrogens (tertiary/aromatic N) is 1. The number of rotatable bonds is 4. The molecule has 2 unspecified atom stereocenters. The molecule has 6 heteroatoms. The summed E-state index contributed by atoms with van der Waals surface area (Å²) in [6, 6.07) is -0.921. The van der Waals surface area contributed by atoms with Crippen LogP contribution in [0.4, 0.5) is 0 Å². The van der Waals surface area contributed by atoms with Gasteiger partial charge < -0.3 is 5.11 Å². The van der Waals surface area contributed by atoms with E-state index in [-0.39, 0.29) is 18.2 Å². The van der Waals surface area contributed by atoms with Crippen LogP contribution in [-0.4, -0.2) is 42.1 Å². The number of sulfonamides is 1. The Morgan fingerprint density at radius 1 is 1.67 bits per heavy atom. The van der Waals surface area contributed by atoms with E-state index in [1.165, 1.54) is 6.08 Å². The van der Waals surface area contributed by atoms with Crippen LogP contribution < -0.4 is 0 Å². The van der Waals surface area contributed by atoms with Gasteiger partial charge in [-0.15, -0.1) is 6.58 Å². The number of hydrogen-bond donors (Lipinski definition) is 1. The van der Waals surface area contributed by atoms with E-state index in [0.717, 1.165) is 4.31 Å². The first kappa shape index (κ1) is 12.2. The molecule has 0 amide bonds. The second-order valence-electron chi connectivity index (χ2n) is 3.73. The average Bonchev–Trinajstić information content (AvgIpc) is 2.47. The third-order valence-electron chi connectivity index (χ3n) is 2.59. The molecule has 0 aliphatic carbocycles. The second-order valence-corrected chi connectivity index (χ2v) is 5.69. The van der Waals surface area contributed by atoms with Crippen LogP contribution in [0.5, 0.6) is 0 Å². The molecule has 1 fully saturated rings. The van der Waals surface area contributed by atoms with Crippen molar-refractivity contribution in [2.24, 2.45) is 5.92 Å². The molecule has 0 bridgehead atoms. The van der Waals surface area contributed by atoms with Crippen molar-refractivity contribution in [1.82, 2.24) is 4.31 Å². The highest BCUT2D eigenvalue weighted by atomic mass is 32.2. The molecular formula is C9H15NO4S. The molecule has 5 nitrogen and oxygen atoms in total. The highest BCUT2D eigenvalue weighted by Gasteiger charge is 2.42. The predicted octanol–water partition coefficient (Wildman–Crippen LogP) is 0.297. The number of carboxylic acids is 1. The molecule has 1 N–H and O–H groups in total. The van der Waals surface area contributed by atoms with Gasteiger partial charge in [-0.2, -0.15) is 4.31 Å². The molecule has 0 aromatic carbocycles. The van der Waals surface area contributed by atoms with Crippen LogP contribution in [-0.2, 0) is 14.8 Å². The zero-order chi connectivity index (χ0) is 11.6. The first-order valence-electron chi connectivity index (χ1n) is 4.73. The van der Waals surface area contributed by atoms with E-state index < -0.39 is 22.0 Å². The Hall–Kier alpha value is -0.880. The molecular weight excluding hydrogens is 218 g/mol. The van der Waals surface area contributed by atoms with Gasteiger partial charge >= 0.3 is 5.97 Å². The summed E-state index contributed by atoms with van der Waals surface area (Å²) in [5.74, 6) is -1.42. The molecule has 0 saturated carbocycles. The van der Waals surface area contributed by atoms with Gasteiger partial charge in [0.1, 0.15) is 6.04 Å². The third kappa shape index (κ3) is 2.38. The minimum absolute atomic E-state index is 0.137. The predicted molar refractivity (Wildman–Crippen MR) is 55.9 cm³/mol. The summed E-state index contributed by atoms with van der Waals surface area (Å²) in [6.07, 6.45) is 1.87. The Kier molecular flexibility index (Phi) is 3.51. The minimum atomic E-state index is -3.50. The molecule has 0 aromatic heterocycles. The molecule has 1 aliphatic heterocycles. The van der Waals surface area contributed by atoms with Crippen molar-refractivity contribution in [3.8, 4) is 0 Å². The summed E-state index contributed by atoms with van der Waals surface area (Å²) in [6.45, 7) is 5.39. The fourth-order valence-electron chi connectivity index (χ4n) is 1.84. The van der Waals surface area contributed by atoms with Crippen molar-refractivity contribution in [1.29, 1.82) is 0 Å². The van der Waals surface area contributed by atoms with E-state index in [9.17, 15) is 13.2 Å². The molecule has 1 aliphatic rings. The smallest absolute Gasteiger partial charge is 0.322 e. The van der Waals surface area contributed by atoms with Crippen LogP contribution in [0.1, 0.15) is 13.3 Å². The lowest BCUT2D eigenvalue weighted by Crippen LogP contribution is -2.43. The lowest BCUT2D eigenvalue weighted by atomic mass is 10.0. The van der Waals surface area contributed by atoms with E-state index in [2.05, 4.69) is 6.58 Å². The Morgan fingerprint density at radius 3 is 2.73 bits per heavy atom. The lowest BCUT2D eigenvalue weighted by Gasteiger charge is -2.21.